The Balaban J connectivity index is 1.64. The van der Waals surface area contributed by atoms with Gasteiger partial charge < -0.3 is 9.80 Å². The van der Waals surface area contributed by atoms with Crippen LogP contribution in [0.2, 0.25) is 0 Å². The van der Waals surface area contributed by atoms with Crippen LogP contribution in [0.5, 0.6) is 0 Å². The van der Waals surface area contributed by atoms with Crippen molar-refractivity contribution < 1.29 is 22.9 Å². The summed E-state index contributed by atoms with van der Waals surface area (Å²) in [6, 6.07) is 15.5. The number of rotatable bonds is 5. The molecule has 0 aliphatic carbocycles. The number of quaternary nitrogens is 1. The minimum atomic E-state index is -4.35. The minimum absolute atomic E-state index is 0.0742. The number of amides is 1. The lowest BCUT2D eigenvalue weighted by molar-refractivity contribution is -0.921. The number of likely N-dealkylation sites (tertiary alicyclic amines) is 1. The van der Waals surface area contributed by atoms with Crippen molar-refractivity contribution in [3.8, 4) is 0 Å². The fourth-order valence-electron chi connectivity index (χ4n) is 3.99. The monoisotopic (exact) mass is 391 g/mol. The highest BCUT2D eigenvalue weighted by molar-refractivity contribution is 5.78. The van der Waals surface area contributed by atoms with E-state index >= 15 is 0 Å². The average Bonchev–Trinajstić information content (AvgIpc) is 2.68. The molecule has 3 nitrogen and oxygen atoms in total. The third-order valence-corrected chi connectivity index (χ3v) is 5.37. The van der Waals surface area contributed by atoms with Gasteiger partial charge in [0.1, 0.15) is 6.54 Å². The number of nitrogens with zero attached hydrogens (tertiary/aromatic N) is 1. The van der Waals surface area contributed by atoms with Gasteiger partial charge >= 0.3 is 6.18 Å². The first-order valence-corrected chi connectivity index (χ1v) is 9.62. The summed E-state index contributed by atoms with van der Waals surface area (Å²) in [6.07, 6.45) is -2.71. The molecule has 1 aliphatic rings. The number of alkyl halides is 3. The quantitative estimate of drug-likeness (QED) is 0.832. The third-order valence-electron chi connectivity index (χ3n) is 5.37. The maximum absolute atomic E-state index is 13.3. The van der Waals surface area contributed by atoms with Crippen LogP contribution in [0.25, 0.3) is 0 Å². The van der Waals surface area contributed by atoms with E-state index in [1.54, 1.807) is 24.1 Å². The molecule has 0 aromatic heterocycles. The second-order valence-electron chi connectivity index (χ2n) is 7.55. The summed E-state index contributed by atoms with van der Waals surface area (Å²) in [4.78, 5) is 15.6. The van der Waals surface area contributed by atoms with Crippen LogP contribution in [0.4, 0.5) is 13.2 Å². The number of piperidine rings is 1. The number of carbonyl (C=O) groups is 1. The van der Waals surface area contributed by atoms with Gasteiger partial charge in [0, 0.05) is 19.2 Å². The van der Waals surface area contributed by atoms with E-state index in [4.69, 9.17) is 0 Å². The molecule has 1 aliphatic heterocycles. The van der Waals surface area contributed by atoms with Crippen molar-refractivity contribution in [2.45, 2.75) is 32.1 Å². The summed E-state index contributed by atoms with van der Waals surface area (Å²) in [7, 11) is 1.79. The zero-order valence-electron chi connectivity index (χ0n) is 16.0. The summed E-state index contributed by atoms with van der Waals surface area (Å²) in [5, 5.41) is 0. The van der Waals surface area contributed by atoms with Crippen molar-refractivity contribution >= 4 is 5.91 Å². The minimum Gasteiger partial charge on any atom is -0.341 e. The standard InChI is InChI=1S/C22H25F3N2O/c1-26(14-17-8-3-2-4-9-17)21(28)19-11-7-13-27(16-19)15-18-10-5-6-12-20(18)22(23,24)25/h2-6,8-10,12,19H,7,11,13-16H2,1H3/p+1/t19-/m0/s1. The van der Waals surface area contributed by atoms with Gasteiger partial charge in [0.2, 0.25) is 5.91 Å². The summed E-state index contributed by atoms with van der Waals surface area (Å²) in [6.45, 7) is 2.20. The van der Waals surface area contributed by atoms with Crippen LogP contribution in [-0.4, -0.2) is 30.9 Å². The Morgan fingerprint density at radius 2 is 1.79 bits per heavy atom. The smallest absolute Gasteiger partial charge is 0.341 e. The largest absolute Gasteiger partial charge is 0.416 e. The van der Waals surface area contributed by atoms with Gasteiger partial charge in [-0.3, -0.25) is 4.79 Å². The van der Waals surface area contributed by atoms with Crippen LogP contribution in [0.3, 0.4) is 0 Å². The van der Waals surface area contributed by atoms with E-state index in [-0.39, 0.29) is 11.8 Å². The fraction of sp³-hybridized carbons (Fsp3) is 0.409. The highest BCUT2D eigenvalue weighted by Gasteiger charge is 2.35. The van der Waals surface area contributed by atoms with Gasteiger partial charge in [0.25, 0.3) is 0 Å². The first-order chi connectivity index (χ1) is 13.3. The topological polar surface area (TPSA) is 24.8 Å². The predicted octanol–water partition coefficient (Wildman–Crippen LogP) is 3.16. The summed E-state index contributed by atoms with van der Waals surface area (Å²) >= 11 is 0. The Hall–Kier alpha value is -2.34. The molecule has 0 saturated carbocycles. The zero-order chi connectivity index (χ0) is 20.1. The molecule has 6 heteroatoms. The van der Waals surface area contributed by atoms with Gasteiger partial charge in [-0.2, -0.15) is 13.2 Å². The van der Waals surface area contributed by atoms with Crippen molar-refractivity contribution in [3.05, 3.63) is 71.3 Å². The Labute approximate surface area is 163 Å². The van der Waals surface area contributed by atoms with E-state index in [9.17, 15) is 18.0 Å². The zero-order valence-corrected chi connectivity index (χ0v) is 16.0. The second-order valence-corrected chi connectivity index (χ2v) is 7.55. The molecule has 2 aromatic carbocycles. The van der Waals surface area contributed by atoms with Crippen LogP contribution < -0.4 is 4.90 Å². The van der Waals surface area contributed by atoms with Crippen molar-refractivity contribution in [2.75, 3.05) is 20.1 Å². The molecule has 1 amide bonds. The van der Waals surface area contributed by atoms with Crippen LogP contribution in [0.15, 0.2) is 54.6 Å². The number of halogens is 3. The van der Waals surface area contributed by atoms with Gasteiger partial charge in [0.15, 0.2) is 0 Å². The van der Waals surface area contributed by atoms with Crippen molar-refractivity contribution in [1.29, 1.82) is 0 Å². The third kappa shape index (κ3) is 5.13. The van der Waals surface area contributed by atoms with Gasteiger partial charge in [0.05, 0.1) is 24.6 Å². The molecule has 1 fully saturated rings. The second kappa shape index (κ2) is 8.78. The highest BCUT2D eigenvalue weighted by atomic mass is 19.4. The SMILES string of the molecule is CN(Cc1ccccc1)C(=O)[C@H]1CCC[NH+](Cc2ccccc2C(F)(F)F)C1. The van der Waals surface area contributed by atoms with Gasteiger partial charge in [-0.15, -0.1) is 0 Å². The van der Waals surface area contributed by atoms with Gasteiger partial charge in [-0.25, -0.2) is 0 Å². The Morgan fingerprint density at radius 3 is 2.50 bits per heavy atom. The molecular weight excluding hydrogens is 365 g/mol. The van der Waals surface area contributed by atoms with Crippen LogP contribution in [-0.2, 0) is 24.1 Å². The lowest BCUT2D eigenvalue weighted by Gasteiger charge is -2.32. The van der Waals surface area contributed by atoms with Crippen molar-refractivity contribution in [3.63, 3.8) is 0 Å². The van der Waals surface area contributed by atoms with E-state index in [1.807, 2.05) is 30.3 Å². The van der Waals surface area contributed by atoms with E-state index in [2.05, 4.69) is 0 Å². The number of carbonyl (C=O) groups excluding carboxylic acids is 1. The first kappa shape index (κ1) is 20.4. The molecule has 0 spiro atoms. The molecule has 3 rings (SSSR count). The highest BCUT2D eigenvalue weighted by Crippen LogP contribution is 2.31. The molecule has 1 unspecified atom stereocenters. The van der Waals surface area contributed by atoms with Crippen molar-refractivity contribution in [2.24, 2.45) is 5.92 Å². The molecule has 2 atom stereocenters. The molecule has 1 saturated heterocycles. The Kier molecular flexibility index (Phi) is 6.39. The maximum atomic E-state index is 13.3. The molecule has 0 radical (unpaired) electrons. The van der Waals surface area contributed by atoms with E-state index in [0.717, 1.165) is 35.9 Å². The molecule has 150 valence electrons. The lowest BCUT2D eigenvalue weighted by Crippen LogP contribution is -3.12. The molecule has 28 heavy (non-hydrogen) atoms. The number of benzene rings is 2. The van der Waals surface area contributed by atoms with Gasteiger partial charge in [-0.05, 0) is 24.5 Å². The lowest BCUT2D eigenvalue weighted by atomic mass is 9.95. The summed E-state index contributed by atoms with van der Waals surface area (Å²) in [5.41, 5.74) is 0.797. The van der Waals surface area contributed by atoms with Crippen LogP contribution >= 0.6 is 0 Å². The molecule has 1 heterocycles. The summed E-state index contributed by atoms with van der Waals surface area (Å²) < 4.78 is 39.8. The maximum Gasteiger partial charge on any atom is 0.416 e. The Bertz CT molecular complexity index is 792. The molecule has 0 bridgehead atoms. The number of hydrogen-bond acceptors (Lipinski definition) is 1. The van der Waals surface area contributed by atoms with Crippen LogP contribution in [0.1, 0.15) is 29.5 Å². The fourth-order valence-corrected chi connectivity index (χ4v) is 3.99. The van der Waals surface area contributed by atoms with E-state index < -0.39 is 11.7 Å². The van der Waals surface area contributed by atoms with E-state index in [1.165, 1.54) is 6.07 Å². The number of hydrogen-bond donors (Lipinski definition) is 1. The predicted molar refractivity (Wildman–Crippen MR) is 101 cm³/mol. The number of nitrogens with one attached hydrogen (secondary N) is 1. The first-order valence-electron chi connectivity index (χ1n) is 9.62. The summed E-state index contributed by atoms with van der Waals surface area (Å²) in [5.74, 6) is -0.0688. The van der Waals surface area contributed by atoms with Crippen LogP contribution in [0, 0.1) is 5.92 Å². The molecule has 2 aromatic rings. The normalized spacial score (nSPS) is 20.0. The Morgan fingerprint density at radius 1 is 1.11 bits per heavy atom. The molecular formula is C22H26F3N2O+. The van der Waals surface area contributed by atoms with Gasteiger partial charge in [-0.1, -0.05) is 48.5 Å². The van der Waals surface area contributed by atoms with E-state index in [0.29, 0.717) is 25.2 Å². The van der Waals surface area contributed by atoms with Crippen molar-refractivity contribution in [1.82, 2.24) is 4.90 Å². The molecule has 1 N–H and O–H groups in total. The average molecular weight is 391 g/mol.